The number of carbonyl (C=O) groups is 3. The molecule has 0 aliphatic carbocycles. The summed E-state index contributed by atoms with van der Waals surface area (Å²) in [7, 11) is 0. The summed E-state index contributed by atoms with van der Waals surface area (Å²) < 4.78 is 4.95. The molecule has 5 heteroatoms. The normalized spacial score (nSPS) is 11.5. The maximum absolute atomic E-state index is 12.5. The van der Waals surface area contributed by atoms with E-state index >= 15 is 0 Å². The molecule has 24 heavy (non-hydrogen) atoms. The van der Waals surface area contributed by atoms with Crippen molar-refractivity contribution in [3.63, 3.8) is 0 Å². The molecule has 2 aromatic rings. The van der Waals surface area contributed by atoms with Crippen molar-refractivity contribution < 1.29 is 24.2 Å². The average Bonchev–Trinajstić information content (AvgIpc) is 2.61. The Morgan fingerprint density at radius 1 is 1.00 bits per heavy atom. The number of benzene rings is 2. The maximum atomic E-state index is 12.5. The van der Waals surface area contributed by atoms with Gasteiger partial charge in [-0.05, 0) is 18.6 Å². The fourth-order valence-electron chi connectivity index (χ4n) is 2.21. The van der Waals surface area contributed by atoms with Crippen LogP contribution in [0.3, 0.4) is 0 Å². The summed E-state index contributed by atoms with van der Waals surface area (Å²) >= 11 is 0. The Kier molecular flexibility index (Phi) is 5.84. The predicted molar refractivity (Wildman–Crippen MR) is 87.9 cm³/mol. The van der Waals surface area contributed by atoms with Gasteiger partial charge in [0.05, 0.1) is 12.3 Å². The molecule has 124 valence electrons. The second-order valence-electron chi connectivity index (χ2n) is 5.35. The molecule has 2 aromatic carbocycles. The Morgan fingerprint density at radius 2 is 1.67 bits per heavy atom. The number of carbonyl (C=O) groups excluding carboxylic acids is 2. The van der Waals surface area contributed by atoms with Crippen LogP contribution in [0.15, 0.2) is 54.6 Å². The minimum Gasteiger partial charge on any atom is -0.481 e. The van der Waals surface area contributed by atoms with Gasteiger partial charge in [-0.2, -0.15) is 0 Å². The highest BCUT2D eigenvalue weighted by Crippen LogP contribution is 2.20. The van der Waals surface area contributed by atoms with Crippen LogP contribution in [0, 0.1) is 0 Å². The lowest BCUT2D eigenvalue weighted by molar-refractivity contribution is -0.147. The van der Waals surface area contributed by atoms with Crippen molar-refractivity contribution in [2.75, 3.05) is 6.61 Å². The molecular formula is C19H18O5. The van der Waals surface area contributed by atoms with Crippen LogP contribution in [0.4, 0.5) is 0 Å². The number of rotatable bonds is 7. The first-order chi connectivity index (χ1) is 11.5. The first kappa shape index (κ1) is 17.4. The second kappa shape index (κ2) is 8.06. The predicted octanol–water partition coefficient (Wildman–Crippen LogP) is 3.04. The fraction of sp³-hybridized carbons (Fsp3) is 0.211. The van der Waals surface area contributed by atoms with Crippen LogP contribution in [-0.4, -0.2) is 29.4 Å². The molecule has 0 amide bonds. The monoisotopic (exact) mass is 326 g/mol. The van der Waals surface area contributed by atoms with E-state index < -0.39 is 17.9 Å². The van der Waals surface area contributed by atoms with Gasteiger partial charge in [0.2, 0.25) is 0 Å². The zero-order chi connectivity index (χ0) is 17.5. The van der Waals surface area contributed by atoms with Crippen molar-refractivity contribution >= 4 is 17.7 Å². The highest BCUT2D eigenvalue weighted by atomic mass is 16.5. The van der Waals surface area contributed by atoms with Crippen molar-refractivity contribution in [1.82, 2.24) is 0 Å². The Bertz CT molecular complexity index is 736. The Morgan fingerprint density at radius 3 is 2.33 bits per heavy atom. The summed E-state index contributed by atoms with van der Waals surface area (Å²) in [6.07, 6.45) is -0.231. The molecule has 0 aromatic heterocycles. The van der Waals surface area contributed by atoms with E-state index in [1.165, 1.54) is 0 Å². The van der Waals surface area contributed by atoms with Crippen LogP contribution in [0.5, 0.6) is 0 Å². The van der Waals surface area contributed by atoms with E-state index in [2.05, 4.69) is 0 Å². The van der Waals surface area contributed by atoms with E-state index in [4.69, 9.17) is 9.84 Å². The van der Waals surface area contributed by atoms with E-state index in [0.717, 1.165) is 0 Å². The Balaban J connectivity index is 2.10. The third-order valence-electron chi connectivity index (χ3n) is 3.60. The SMILES string of the molecule is CC(C(=O)OCCC(=O)O)c1cccc(C(=O)c2ccccc2)c1. The van der Waals surface area contributed by atoms with E-state index in [-0.39, 0.29) is 18.8 Å². The fourth-order valence-corrected chi connectivity index (χ4v) is 2.21. The number of hydrogen-bond acceptors (Lipinski definition) is 4. The lowest BCUT2D eigenvalue weighted by Gasteiger charge is -2.12. The highest BCUT2D eigenvalue weighted by Gasteiger charge is 2.19. The topological polar surface area (TPSA) is 80.7 Å². The summed E-state index contributed by atoms with van der Waals surface area (Å²) in [5.41, 5.74) is 1.72. The lowest BCUT2D eigenvalue weighted by Crippen LogP contribution is -2.16. The summed E-state index contributed by atoms with van der Waals surface area (Å²) in [6, 6.07) is 15.7. The largest absolute Gasteiger partial charge is 0.481 e. The standard InChI is InChI=1S/C19H18O5/c1-13(19(23)24-11-10-17(20)21)15-8-5-9-16(12-15)18(22)14-6-3-2-4-7-14/h2-9,12-13H,10-11H2,1H3,(H,20,21). The molecule has 0 radical (unpaired) electrons. The molecule has 0 spiro atoms. The van der Waals surface area contributed by atoms with E-state index in [1.807, 2.05) is 6.07 Å². The number of ether oxygens (including phenoxy) is 1. The third kappa shape index (κ3) is 4.52. The molecule has 0 bridgehead atoms. The maximum Gasteiger partial charge on any atom is 0.313 e. The van der Waals surface area contributed by atoms with E-state index in [0.29, 0.717) is 16.7 Å². The highest BCUT2D eigenvalue weighted by molar-refractivity contribution is 6.09. The molecule has 2 rings (SSSR count). The summed E-state index contributed by atoms with van der Waals surface area (Å²) in [5, 5.41) is 8.56. The first-order valence-corrected chi connectivity index (χ1v) is 7.57. The molecule has 5 nitrogen and oxygen atoms in total. The zero-order valence-electron chi connectivity index (χ0n) is 13.3. The van der Waals surface area contributed by atoms with E-state index in [1.54, 1.807) is 55.5 Å². The van der Waals surface area contributed by atoms with Crippen LogP contribution < -0.4 is 0 Å². The second-order valence-corrected chi connectivity index (χ2v) is 5.35. The van der Waals surface area contributed by atoms with Crippen LogP contribution in [0.25, 0.3) is 0 Å². The molecule has 1 atom stereocenters. The Hall–Kier alpha value is -2.95. The zero-order valence-corrected chi connectivity index (χ0v) is 13.3. The van der Waals surface area contributed by atoms with Gasteiger partial charge in [0.25, 0.3) is 0 Å². The van der Waals surface area contributed by atoms with Crippen LogP contribution in [-0.2, 0) is 14.3 Å². The molecule has 1 unspecified atom stereocenters. The van der Waals surface area contributed by atoms with Crippen molar-refractivity contribution in [1.29, 1.82) is 0 Å². The molecular weight excluding hydrogens is 308 g/mol. The number of hydrogen-bond donors (Lipinski definition) is 1. The Labute approximate surface area is 139 Å². The number of aliphatic carboxylic acids is 1. The van der Waals surface area contributed by atoms with Crippen LogP contribution in [0.2, 0.25) is 0 Å². The number of carboxylic acid groups (broad SMARTS) is 1. The molecule has 0 aliphatic rings. The summed E-state index contributed by atoms with van der Waals surface area (Å²) in [6.45, 7) is 1.50. The van der Waals surface area contributed by atoms with Crippen molar-refractivity contribution in [2.45, 2.75) is 19.3 Å². The van der Waals surface area contributed by atoms with Crippen molar-refractivity contribution in [2.24, 2.45) is 0 Å². The van der Waals surface area contributed by atoms with E-state index in [9.17, 15) is 14.4 Å². The first-order valence-electron chi connectivity index (χ1n) is 7.57. The van der Waals surface area contributed by atoms with Gasteiger partial charge >= 0.3 is 11.9 Å². The average molecular weight is 326 g/mol. The summed E-state index contributed by atoms with van der Waals surface area (Å²) in [5.74, 6) is -2.24. The van der Waals surface area contributed by atoms with Crippen molar-refractivity contribution in [3.8, 4) is 0 Å². The quantitative estimate of drug-likeness (QED) is 0.625. The van der Waals surface area contributed by atoms with Gasteiger partial charge in [-0.1, -0.05) is 48.5 Å². The van der Waals surface area contributed by atoms with Gasteiger partial charge in [-0.15, -0.1) is 0 Å². The van der Waals surface area contributed by atoms with Gasteiger partial charge in [0, 0.05) is 11.1 Å². The van der Waals surface area contributed by atoms with Gasteiger partial charge in [-0.3, -0.25) is 14.4 Å². The van der Waals surface area contributed by atoms with Gasteiger partial charge < -0.3 is 9.84 Å². The smallest absolute Gasteiger partial charge is 0.313 e. The van der Waals surface area contributed by atoms with Gasteiger partial charge in [0.1, 0.15) is 6.61 Å². The number of esters is 1. The van der Waals surface area contributed by atoms with Gasteiger partial charge in [0.15, 0.2) is 5.78 Å². The minimum atomic E-state index is -1.02. The number of carboxylic acids is 1. The van der Waals surface area contributed by atoms with Crippen LogP contribution >= 0.6 is 0 Å². The lowest BCUT2D eigenvalue weighted by atomic mass is 9.96. The molecule has 1 N–H and O–H groups in total. The summed E-state index contributed by atoms with van der Waals surface area (Å²) in [4.78, 5) is 34.9. The molecule has 0 fully saturated rings. The molecule has 0 aliphatic heterocycles. The third-order valence-corrected chi connectivity index (χ3v) is 3.60. The van der Waals surface area contributed by atoms with Crippen LogP contribution in [0.1, 0.15) is 40.7 Å². The minimum absolute atomic E-state index is 0.121. The molecule has 0 saturated heterocycles. The molecule has 0 heterocycles. The van der Waals surface area contributed by atoms with Gasteiger partial charge in [-0.25, -0.2) is 0 Å². The van der Waals surface area contributed by atoms with Crippen molar-refractivity contribution in [3.05, 3.63) is 71.3 Å². The molecule has 0 saturated carbocycles. The number of ketones is 1.